The SMILES string of the molecule is CCOC(=O)CN1C[C@@H](C(=O)N[C@@H]2CC[C@H]3c4ccc(C(F)(C(F)(F)F)C(F)(F)F)cc4CC[C@@H]23)CC1=O. The van der Waals surface area contributed by atoms with Gasteiger partial charge in [0, 0.05) is 24.6 Å². The van der Waals surface area contributed by atoms with Crippen LogP contribution in [0.25, 0.3) is 0 Å². The van der Waals surface area contributed by atoms with Crippen molar-refractivity contribution < 1.29 is 49.9 Å². The van der Waals surface area contributed by atoms with Crippen LogP contribution in [0.1, 0.15) is 55.2 Å². The Morgan fingerprint density at radius 3 is 2.37 bits per heavy atom. The number of hydrogen-bond donors (Lipinski definition) is 1. The second-order valence-corrected chi connectivity index (χ2v) is 10.0. The fraction of sp³-hybridized carbons (Fsp3) is 0.640. The van der Waals surface area contributed by atoms with Gasteiger partial charge < -0.3 is 15.0 Å². The van der Waals surface area contributed by atoms with Gasteiger partial charge in [-0.15, -0.1) is 0 Å². The number of likely N-dealkylation sites (tertiary alicyclic amines) is 1. The average molecular weight is 552 g/mol. The van der Waals surface area contributed by atoms with E-state index in [0.29, 0.717) is 37.0 Å². The van der Waals surface area contributed by atoms with Gasteiger partial charge in [0.1, 0.15) is 6.54 Å². The van der Waals surface area contributed by atoms with E-state index >= 15 is 0 Å². The summed E-state index contributed by atoms with van der Waals surface area (Å²) in [7, 11) is 0. The van der Waals surface area contributed by atoms with E-state index < -0.39 is 35.5 Å². The number of amides is 2. The molecule has 1 aliphatic heterocycles. The molecule has 13 heteroatoms. The molecule has 2 fully saturated rings. The highest BCUT2D eigenvalue weighted by Crippen LogP contribution is 2.54. The lowest BCUT2D eigenvalue weighted by Gasteiger charge is -2.34. The highest BCUT2D eigenvalue weighted by atomic mass is 19.4. The average Bonchev–Trinajstić information content (AvgIpc) is 3.40. The van der Waals surface area contributed by atoms with Gasteiger partial charge in [-0.1, -0.05) is 18.2 Å². The van der Waals surface area contributed by atoms with Crippen molar-refractivity contribution in [2.24, 2.45) is 11.8 Å². The molecule has 0 aromatic heterocycles. The maximum absolute atomic E-state index is 14.5. The molecule has 1 aromatic rings. The molecule has 2 aliphatic carbocycles. The fourth-order valence-corrected chi connectivity index (χ4v) is 6.01. The van der Waals surface area contributed by atoms with Crippen LogP contribution in [0.2, 0.25) is 0 Å². The van der Waals surface area contributed by atoms with Crippen LogP contribution in [0.3, 0.4) is 0 Å². The molecule has 4 rings (SSSR count). The van der Waals surface area contributed by atoms with Crippen molar-refractivity contribution in [2.45, 2.75) is 69.0 Å². The first-order chi connectivity index (χ1) is 17.7. The van der Waals surface area contributed by atoms with E-state index in [1.807, 2.05) is 0 Å². The van der Waals surface area contributed by atoms with Gasteiger partial charge in [0.05, 0.1) is 12.5 Å². The van der Waals surface area contributed by atoms with Gasteiger partial charge in [-0.2, -0.15) is 26.3 Å². The zero-order valence-corrected chi connectivity index (χ0v) is 20.4. The smallest absolute Gasteiger partial charge is 0.435 e. The van der Waals surface area contributed by atoms with Gasteiger partial charge >= 0.3 is 24.0 Å². The topological polar surface area (TPSA) is 75.7 Å². The number of benzene rings is 1. The van der Waals surface area contributed by atoms with E-state index in [1.165, 1.54) is 4.90 Å². The second-order valence-electron chi connectivity index (χ2n) is 10.0. The lowest BCUT2D eigenvalue weighted by molar-refractivity contribution is -0.348. The largest absolute Gasteiger partial charge is 0.465 e. The van der Waals surface area contributed by atoms with Crippen LogP contribution in [0.15, 0.2) is 18.2 Å². The molecule has 0 unspecified atom stereocenters. The van der Waals surface area contributed by atoms with E-state index in [0.717, 1.165) is 6.07 Å². The molecule has 0 bridgehead atoms. The first kappa shape index (κ1) is 28.2. The van der Waals surface area contributed by atoms with Crippen LogP contribution in [0, 0.1) is 11.8 Å². The Kier molecular flexibility index (Phi) is 7.43. The number of alkyl halides is 7. The number of carbonyl (C=O) groups is 3. The van der Waals surface area contributed by atoms with Crippen molar-refractivity contribution in [3.05, 3.63) is 34.9 Å². The van der Waals surface area contributed by atoms with Gasteiger partial charge in [0.2, 0.25) is 11.8 Å². The number of nitrogens with zero attached hydrogens (tertiary/aromatic N) is 1. The third-order valence-corrected chi connectivity index (χ3v) is 7.83. The summed E-state index contributed by atoms with van der Waals surface area (Å²) < 4.78 is 98.6. The Morgan fingerprint density at radius 2 is 1.74 bits per heavy atom. The minimum Gasteiger partial charge on any atom is -0.465 e. The van der Waals surface area contributed by atoms with Crippen LogP contribution in [-0.4, -0.2) is 60.8 Å². The van der Waals surface area contributed by atoms with Crippen molar-refractivity contribution in [1.29, 1.82) is 0 Å². The van der Waals surface area contributed by atoms with Crippen molar-refractivity contribution in [3.63, 3.8) is 0 Å². The molecule has 1 saturated carbocycles. The molecule has 210 valence electrons. The Bertz CT molecular complexity index is 1090. The van der Waals surface area contributed by atoms with Crippen molar-refractivity contribution >= 4 is 17.8 Å². The zero-order chi connectivity index (χ0) is 28.0. The van der Waals surface area contributed by atoms with E-state index in [-0.39, 0.29) is 67.8 Å². The number of nitrogens with one attached hydrogen (secondary N) is 1. The van der Waals surface area contributed by atoms with Gasteiger partial charge in [-0.05, 0) is 55.6 Å². The van der Waals surface area contributed by atoms with Crippen LogP contribution >= 0.6 is 0 Å². The standard InChI is InChI=1S/C25H27F7N2O4/c1-2-38-21(36)12-34-11-14(10-20(34)35)22(37)33-19-8-7-17-16-6-4-15(9-13(16)3-5-18(17)19)23(26,24(27,28)29)25(30,31)32/h4,6,9,14,17-19H,2-3,5,7-8,10-12H2,1H3,(H,33,37)/t14-,17-,18+,19+/m0/s1. The van der Waals surface area contributed by atoms with Gasteiger partial charge in [-0.25, -0.2) is 4.39 Å². The predicted molar refractivity (Wildman–Crippen MR) is 118 cm³/mol. The molecule has 1 aromatic carbocycles. The van der Waals surface area contributed by atoms with Crippen LogP contribution in [-0.2, 0) is 31.2 Å². The summed E-state index contributed by atoms with van der Waals surface area (Å²) in [6.07, 6.45) is -10.8. The van der Waals surface area contributed by atoms with Crippen molar-refractivity contribution in [1.82, 2.24) is 10.2 Å². The molecular weight excluding hydrogens is 525 g/mol. The lowest BCUT2D eigenvalue weighted by Crippen LogP contribution is -2.50. The third-order valence-electron chi connectivity index (χ3n) is 7.83. The third kappa shape index (κ3) is 4.95. The van der Waals surface area contributed by atoms with Crippen molar-refractivity contribution in [2.75, 3.05) is 19.7 Å². The van der Waals surface area contributed by atoms with Crippen molar-refractivity contribution in [3.8, 4) is 0 Å². The summed E-state index contributed by atoms with van der Waals surface area (Å²) in [5.41, 5.74) is -6.17. The summed E-state index contributed by atoms with van der Waals surface area (Å²) in [5, 5.41) is 2.95. The molecule has 0 spiro atoms. The van der Waals surface area contributed by atoms with Crippen LogP contribution in [0.4, 0.5) is 30.7 Å². The molecule has 1 heterocycles. The minimum atomic E-state index is -6.17. The molecule has 38 heavy (non-hydrogen) atoms. The number of aryl methyl sites for hydroxylation is 1. The second kappa shape index (κ2) is 10.0. The minimum absolute atomic E-state index is 0.0545. The molecule has 1 saturated heterocycles. The number of ether oxygens (including phenoxy) is 1. The Hall–Kier alpha value is -2.86. The normalized spacial score (nSPS) is 25.7. The Labute approximate surface area is 213 Å². The number of esters is 1. The molecule has 2 amide bonds. The lowest BCUT2D eigenvalue weighted by atomic mass is 9.74. The molecular formula is C25H27F7N2O4. The van der Waals surface area contributed by atoms with Crippen LogP contribution in [0.5, 0.6) is 0 Å². The van der Waals surface area contributed by atoms with Gasteiger partial charge in [-0.3, -0.25) is 14.4 Å². The number of hydrogen-bond acceptors (Lipinski definition) is 4. The highest BCUT2D eigenvalue weighted by molar-refractivity contribution is 5.91. The fourth-order valence-electron chi connectivity index (χ4n) is 6.01. The maximum Gasteiger partial charge on any atom is 0.435 e. The number of rotatable bonds is 6. The summed E-state index contributed by atoms with van der Waals surface area (Å²) in [5.74, 6) is -2.24. The van der Waals surface area contributed by atoms with E-state index in [9.17, 15) is 45.1 Å². The molecule has 4 atom stereocenters. The number of carbonyl (C=O) groups excluding carboxylic acids is 3. The molecule has 1 N–H and O–H groups in total. The zero-order valence-electron chi connectivity index (χ0n) is 20.4. The number of halogens is 7. The maximum atomic E-state index is 14.5. The summed E-state index contributed by atoms with van der Waals surface area (Å²) in [4.78, 5) is 38.1. The van der Waals surface area contributed by atoms with Gasteiger partial charge in [0.15, 0.2) is 0 Å². The summed E-state index contributed by atoms with van der Waals surface area (Å²) in [6, 6.07) is 2.07. The van der Waals surface area contributed by atoms with E-state index in [4.69, 9.17) is 4.74 Å². The monoisotopic (exact) mass is 552 g/mol. The van der Waals surface area contributed by atoms with E-state index in [2.05, 4.69) is 5.32 Å². The van der Waals surface area contributed by atoms with Gasteiger partial charge in [0.25, 0.3) is 0 Å². The predicted octanol–water partition coefficient (Wildman–Crippen LogP) is 4.31. The Morgan fingerprint density at radius 1 is 1.05 bits per heavy atom. The highest BCUT2D eigenvalue weighted by Gasteiger charge is 2.73. The van der Waals surface area contributed by atoms with E-state index in [1.54, 1.807) is 6.92 Å². The Balaban J connectivity index is 1.44. The molecule has 6 nitrogen and oxygen atoms in total. The van der Waals surface area contributed by atoms with Crippen LogP contribution < -0.4 is 5.32 Å². The number of fused-ring (bicyclic) bond motifs is 3. The summed E-state index contributed by atoms with van der Waals surface area (Å²) in [6.45, 7) is 1.63. The quantitative estimate of drug-likeness (QED) is 0.422. The first-order valence-corrected chi connectivity index (χ1v) is 12.4. The molecule has 3 aliphatic rings. The first-order valence-electron chi connectivity index (χ1n) is 12.4. The summed E-state index contributed by atoms with van der Waals surface area (Å²) >= 11 is 0. The molecule has 0 radical (unpaired) electrons.